The van der Waals surface area contributed by atoms with Crippen LogP contribution in [0.1, 0.15) is 5.69 Å². The quantitative estimate of drug-likeness (QED) is 0.796. The van der Waals surface area contributed by atoms with Gasteiger partial charge in [-0.2, -0.15) is 0 Å². The number of aromatic nitrogens is 2. The number of fused-ring (bicyclic) bond motifs is 1. The molecule has 1 N–H and O–H groups in total. The number of nitrogens with zero attached hydrogens (tertiary/aromatic N) is 2. The van der Waals surface area contributed by atoms with Crippen LogP contribution in [0.2, 0.25) is 5.02 Å². The molecule has 0 atom stereocenters. The van der Waals surface area contributed by atoms with E-state index in [1.165, 1.54) is 0 Å². The fraction of sp³-hybridized carbons (Fsp3) is 0.125. The molecular formula is C16H14ClN3O. The number of hydrogen-bond acceptors (Lipinski definition) is 4. The van der Waals surface area contributed by atoms with Crippen LogP contribution in [0.25, 0.3) is 10.8 Å². The molecule has 0 saturated carbocycles. The van der Waals surface area contributed by atoms with Crippen molar-refractivity contribution in [2.24, 2.45) is 0 Å². The minimum Gasteiger partial charge on any atom is -0.437 e. The lowest BCUT2D eigenvalue weighted by Gasteiger charge is -2.10. The van der Waals surface area contributed by atoms with Crippen molar-refractivity contribution in [3.8, 4) is 11.6 Å². The molecule has 2 aromatic heterocycles. The maximum absolute atomic E-state index is 5.94. The normalized spacial score (nSPS) is 10.8. The van der Waals surface area contributed by atoms with Crippen LogP contribution in [0.15, 0.2) is 48.8 Å². The summed E-state index contributed by atoms with van der Waals surface area (Å²) in [7, 11) is 1.89. The second-order valence-electron chi connectivity index (χ2n) is 4.61. The molecule has 4 nitrogen and oxygen atoms in total. The number of ether oxygens (including phenoxy) is 1. The molecule has 3 rings (SSSR count). The Balaban J connectivity index is 2.07. The fourth-order valence-electron chi connectivity index (χ4n) is 2.13. The highest BCUT2D eigenvalue weighted by atomic mass is 35.5. The van der Waals surface area contributed by atoms with Gasteiger partial charge >= 0.3 is 0 Å². The van der Waals surface area contributed by atoms with Crippen LogP contribution >= 0.6 is 11.6 Å². The standard InChI is InChI=1S/C16H14ClN3O/c1-18-9-13-6-11-4-2-3-5-15(11)16(20-13)21-14-7-12(17)8-19-10-14/h2-8,10,18H,9H2,1H3. The van der Waals surface area contributed by atoms with Gasteiger partial charge in [-0.1, -0.05) is 29.8 Å². The monoisotopic (exact) mass is 299 g/mol. The number of hydrogen-bond donors (Lipinski definition) is 1. The minimum absolute atomic E-state index is 0.531. The van der Waals surface area contributed by atoms with E-state index in [4.69, 9.17) is 16.3 Å². The van der Waals surface area contributed by atoms with Crippen LogP contribution in [0.4, 0.5) is 0 Å². The van der Waals surface area contributed by atoms with Crippen LogP contribution in [0, 0.1) is 0 Å². The van der Waals surface area contributed by atoms with Gasteiger partial charge in [0.05, 0.1) is 16.9 Å². The highest BCUT2D eigenvalue weighted by molar-refractivity contribution is 6.30. The Hall–Kier alpha value is -2.17. The lowest BCUT2D eigenvalue weighted by molar-refractivity contribution is 0.464. The van der Waals surface area contributed by atoms with Gasteiger partial charge < -0.3 is 10.1 Å². The molecule has 0 radical (unpaired) electrons. The van der Waals surface area contributed by atoms with Crippen LogP contribution in [-0.2, 0) is 6.54 Å². The van der Waals surface area contributed by atoms with E-state index in [-0.39, 0.29) is 0 Å². The Morgan fingerprint density at radius 3 is 2.86 bits per heavy atom. The molecule has 0 bridgehead atoms. The molecule has 0 fully saturated rings. The highest BCUT2D eigenvalue weighted by Crippen LogP contribution is 2.29. The molecule has 21 heavy (non-hydrogen) atoms. The van der Waals surface area contributed by atoms with Gasteiger partial charge in [0.1, 0.15) is 5.75 Å². The first-order valence-electron chi connectivity index (χ1n) is 6.58. The van der Waals surface area contributed by atoms with E-state index in [1.807, 2.05) is 31.3 Å². The van der Waals surface area contributed by atoms with Crippen LogP contribution in [-0.4, -0.2) is 17.0 Å². The van der Waals surface area contributed by atoms with Crippen molar-refractivity contribution in [3.05, 3.63) is 59.5 Å². The zero-order valence-electron chi connectivity index (χ0n) is 11.5. The first kappa shape index (κ1) is 13.8. The van der Waals surface area contributed by atoms with Crippen molar-refractivity contribution in [2.75, 3.05) is 7.05 Å². The van der Waals surface area contributed by atoms with Crippen molar-refractivity contribution in [1.82, 2.24) is 15.3 Å². The van der Waals surface area contributed by atoms with Gasteiger partial charge in [-0.25, -0.2) is 4.98 Å². The molecule has 1 aromatic carbocycles. The molecule has 0 spiro atoms. The predicted octanol–water partition coefficient (Wildman–Crippen LogP) is 3.79. The van der Waals surface area contributed by atoms with Crippen molar-refractivity contribution >= 4 is 22.4 Å². The van der Waals surface area contributed by atoms with Gasteiger partial charge in [-0.05, 0) is 24.6 Å². The summed E-state index contributed by atoms with van der Waals surface area (Å²) < 4.78 is 5.87. The zero-order valence-corrected chi connectivity index (χ0v) is 12.3. The Morgan fingerprint density at radius 1 is 1.19 bits per heavy atom. The number of nitrogens with one attached hydrogen (secondary N) is 1. The summed E-state index contributed by atoms with van der Waals surface area (Å²) >= 11 is 5.94. The summed E-state index contributed by atoms with van der Waals surface area (Å²) in [6.45, 7) is 0.676. The van der Waals surface area contributed by atoms with Gasteiger partial charge in [0.15, 0.2) is 0 Å². The molecule has 0 aliphatic heterocycles. The lowest BCUT2D eigenvalue weighted by atomic mass is 10.1. The third kappa shape index (κ3) is 3.12. The van der Waals surface area contributed by atoms with Crippen molar-refractivity contribution in [3.63, 3.8) is 0 Å². The molecular weight excluding hydrogens is 286 g/mol. The van der Waals surface area contributed by atoms with E-state index >= 15 is 0 Å². The van der Waals surface area contributed by atoms with Crippen molar-refractivity contribution in [1.29, 1.82) is 0 Å². The van der Waals surface area contributed by atoms with Crippen LogP contribution in [0.3, 0.4) is 0 Å². The van der Waals surface area contributed by atoms with Gasteiger partial charge in [0.2, 0.25) is 5.88 Å². The lowest BCUT2D eigenvalue weighted by Crippen LogP contribution is -2.07. The third-order valence-electron chi connectivity index (χ3n) is 3.01. The first-order chi connectivity index (χ1) is 10.3. The number of rotatable bonds is 4. The molecule has 0 aliphatic rings. The second-order valence-corrected chi connectivity index (χ2v) is 5.05. The highest BCUT2D eigenvalue weighted by Gasteiger charge is 2.08. The summed E-state index contributed by atoms with van der Waals surface area (Å²) in [4.78, 5) is 8.58. The average molecular weight is 300 g/mol. The smallest absolute Gasteiger partial charge is 0.227 e. The number of halogens is 1. The van der Waals surface area contributed by atoms with E-state index in [2.05, 4.69) is 21.4 Å². The molecule has 0 saturated heterocycles. The van der Waals surface area contributed by atoms with Crippen molar-refractivity contribution < 1.29 is 4.74 Å². The molecule has 0 amide bonds. The van der Waals surface area contributed by atoms with Gasteiger partial charge in [0.25, 0.3) is 0 Å². The van der Waals surface area contributed by atoms with Crippen molar-refractivity contribution in [2.45, 2.75) is 6.54 Å². The number of pyridine rings is 2. The fourth-order valence-corrected chi connectivity index (χ4v) is 2.29. The summed E-state index contributed by atoms with van der Waals surface area (Å²) in [5.41, 5.74) is 0.918. The summed E-state index contributed by atoms with van der Waals surface area (Å²) in [5.74, 6) is 1.13. The Labute approximate surface area is 127 Å². The molecule has 2 heterocycles. The Bertz CT molecular complexity index is 776. The zero-order chi connectivity index (χ0) is 14.7. The maximum Gasteiger partial charge on any atom is 0.227 e. The molecule has 0 unspecified atom stereocenters. The van der Waals surface area contributed by atoms with E-state index in [0.29, 0.717) is 23.2 Å². The summed E-state index contributed by atoms with van der Waals surface area (Å²) in [5, 5.41) is 5.67. The Morgan fingerprint density at radius 2 is 2.05 bits per heavy atom. The Kier molecular flexibility index (Phi) is 3.99. The van der Waals surface area contributed by atoms with Crippen LogP contribution in [0.5, 0.6) is 11.6 Å². The average Bonchev–Trinajstić information content (AvgIpc) is 2.48. The largest absolute Gasteiger partial charge is 0.437 e. The summed E-state index contributed by atoms with van der Waals surface area (Å²) in [6, 6.07) is 11.8. The van der Waals surface area contributed by atoms with E-state index in [1.54, 1.807) is 18.5 Å². The maximum atomic E-state index is 5.94. The predicted molar refractivity (Wildman–Crippen MR) is 83.8 cm³/mol. The molecule has 106 valence electrons. The summed E-state index contributed by atoms with van der Waals surface area (Å²) in [6.07, 6.45) is 3.18. The molecule has 3 aromatic rings. The minimum atomic E-state index is 0.531. The van der Waals surface area contributed by atoms with Gasteiger partial charge in [-0.15, -0.1) is 0 Å². The SMILES string of the molecule is CNCc1cc2ccccc2c(Oc2cncc(Cl)c2)n1. The van der Waals surface area contributed by atoms with Crippen LogP contribution < -0.4 is 10.1 Å². The topological polar surface area (TPSA) is 47.0 Å². The third-order valence-corrected chi connectivity index (χ3v) is 3.22. The second kappa shape index (κ2) is 6.08. The molecule has 5 heteroatoms. The molecule has 0 aliphatic carbocycles. The first-order valence-corrected chi connectivity index (χ1v) is 6.96. The van der Waals surface area contributed by atoms with E-state index < -0.39 is 0 Å². The van der Waals surface area contributed by atoms with E-state index in [0.717, 1.165) is 16.5 Å². The van der Waals surface area contributed by atoms with Gasteiger partial charge in [0, 0.05) is 24.2 Å². The van der Waals surface area contributed by atoms with E-state index in [9.17, 15) is 0 Å². The van der Waals surface area contributed by atoms with Gasteiger partial charge in [-0.3, -0.25) is 4.98 Å². The number of benzene rings is 1.